The number of methoxy groups -OCH3 is 1. The summed E-state index contributed by atoms with van der Waals surface area (Å²) in [5, 5.41) is 13.5. The number of nitrogens with zero attached hydrogens (tertiary/aromatic N) is 3. The molecule has 29 heavy (non-hydrogen) atoms. The van der Waals surface area contributed by atoms with Gasteiger partial charge in [0.05, 0.1) is 12.8 Å². The fourth-order valence-corrected chi connectivity index (χ4v) is 3.40. The van der Waals surface area contributed by atoms with Gasteiger partial charge in [-0.15, -0.1) is 24.0 Å². The number of nitrogens with one attached hydrogen (secondary N) is 1. The number of aromatic hydroxyl groups is 1. The molecule has 2 aromatic rings. The number of piperazine rings is 1. The van der Waals surface area contributed by atoms with Crippen molar-refractivity contribution in [1.29, 1.82) is 0 Å². The minimum Gasteiger partial charge on any atom is -0.506 e. The quantitative estimate of drug-likeness (QED) is 0.355. The van der Waals surface area contributed by atoms with E-state index in [1.165, 1.54) is 5.56 Å². The van der Waals surface area contributed by atoms with Crippen LogP contribution in [-0.4, -0.2) is 62.3 Å². The van der Waals surface area contributed by atoms with Gasteiger partial charge >= 0.3 is 0 Å². The Morgan fingerprint density at radius 2 is 1.76 bits per heavy atom. The molecule has 3 rings (SSSR count). The SMILES string of the molecule is CCNC(=NCCc1ccc(OC)cc1)N1CCN(c2ccccc2O)CC1.I. The molecule has 1 aliphatic heterocycles. The minimum absolute atomic E-state index is 0. The summed E-state index contributed by atoms with van der Waals surface area (Å²) in [6.45, 7) is 7.17. The van der Waals surface area contributed by atoms with E-state index < -0.39 is 0 Å². The topological polar surface area (TPSA) is 60.3 Å². The van der Waals surface area contributed by atoms with E-state index in [9.17, 15) is 5.11 Å². The number of phenolic OH excluding ortho intramolecular Hbond substituents is 1. The van der Waals surface area contributed by atoms with Gasteiger partial charge in [0.25, 0.3) is 0 Å². The van der Waals surface area contributed by atoms with Crippen molar-refractivity contribution in [3.05, 3.63) is 54.1 Å². The van der Waals surface area contributed by atoms with Crippen LogP contribution >= 0.6 is 24.0 Å². The molecule has 2 N–H and O–H groups in total. The summed E-state index contributed by atoms with van der Waals surface area (Å²) in [5.74, 6) is 2.19. The highest BCUT2D eigenvalue weighted by Gasteiger charge is 2.21. The lowest BCUT2D eigenvalue weighted by Gasteiger charge is -2.37. The van der Waals surface area contributed by atoms with Gasteiger partial charge in [0.1, 0.15) is 11.5 Å². The number of ether oxygens (including phenoxy) is 1. The number of halogens is 1. The second-order valence-corrected chi connectivity index (χ2v) is 6.80. The second-order valence-electron chi connectivity index (χ2n) is 6.80. The van der Waals surface area contributed by atoms with Crippen LogP contribution in [0.4, 0.5) is 5.69 Å². The van der Waals surface area contributed by atoms with Crippen LogP contribution in [0.1, 0.15) is 12.5 Å². The first-order chi connectivity index (χ1) is 13.7. The maximum Gasteiger partial charge on any atom is 0.194 e. The zero-order chi connectivity index (χ0) is 19.8. The summed E-state index contributed by atoms with van der Waals surface area (Å²) in [5.41, 5.74) is 2.16. The van der Waals surface area contributed by atoms with Crippen molar-refractivity contribution < 1.29 is 9.84 Å². The lowest BCUT2D eigenvalue weighted by Crippen LogP contribution is -2.52. The van der Waals surface area contributed by atoms with Crippen molar-refractivity contribution in [3.8, 4) is 11.5 Å². The van der Waals surface area contributed by atoms with Gasteiger partial charge in [-0.3, -0.25) is 4.99 Å². The van der Waals surface area contributed by atoms with Crippen molar-refractivity contribution in [3.63, 3.8) is 0 Å². The summed E-state index contributed by atoms with van der Waals surface area (Å²) in [6.07, 6.45) is 0.900. The molecule has 1 heterocycles. The molecule has 0 aliphatic carbocycles. The first kappa shape index (κ1) is 23.1. The lowest BCUT2D eigenvalue weighted by molar-refractivity contribution is 0.370. The normalized spacial score (nSPS) is 14.3. The Balaban J connectivity index is 0.00000300. The molecule has 0 aromatic heterocycles. The van der Waals surface area contributed by atoms with Gasteiger partial charge < -0.3 is 25.0 Å². The molecule has 0 saturated carbocycles. The van der Waals surface area contributed by atoms with E-state index in [1.807, 2.05) is 30.3 Å². The number of phenols is 1. The Kier molecular flexibility index (Phi) is 9.37. The van der Waals surface area contributed by atoms with Crippen molar-refractivity contribution in [2.45, 2.75) is 13.3 Å². The lowest BCUT2D eigenvalue weighted by atomic mass is 10.1. The number of hydrogen-bond donors (Lipinski definition) is 2. The van der Waals surface area contributed by atoms with E-state index >= 15 is 0 Å². The molecule has 158 valence electrons. The first-order valence-electron chi connectivity index (χ1n) is 9.90. The van der Waals surface area contributed by atoms with Crippen LogP contribution < -0.4 is 15.0 Å². The average molecular weight is 510 g/mol. The molecular weight excluding hydrogens is 479 g/mol. The largest absolute Gasteiger partial charge is 0.506 e. The first-order valence-corrected chi connectivity index (χ1v) is 9.90. The number of guanidine groups is 1. The number of rotatable bonds is 6. The smallest absolute Gasteiger partial charge is 0.194 e. The van der Waals surface area contributed by atoms with Crippen LogP contribution in [0.2, 0.25) is 0 Å². The van der Waals surface area contributed by atoms with Gasteiger partial charge in [0, 0.05) is 39.3 Å². The maximum atomic E-state index is 10.1. The van der Waals surface area contributed by atoms with Crippen LogP contribution in [0.15, 0.2) is 53.5 Å². The summed E-state index contributed by atoms with van der Waals surface area (Å²) in [4.78, 5) is 9.35. The van der Waals surface area contributed by atoms with E-state index in [4.69, 9.17) is 9.73 Å². The Bertz CT molecular complexity index is 775. The molecule has 2 aromatic carbocycles. The zero-order valence-electron chi connectivity index (χ0n) is 17.2. The Morgan fingerprint density at radius 3 is 2.38 bits per heavy atom. The van der Waals surface area contributed by atoms with Crippen LogP contribution in [0.25, 0.3) is 0 Å². The Hall–Kier alpha value is -2.16. The monoisotopic (exact) mass is 510 g/mol. The summed E-state index contributed by atoms with van der Waals surface area (Å²) < 4.78 is 5.21. The van der Waals surface area contributed by atoms with Gasteiger partial charge in [-0.25, -0.2) is 0 Å². The molecule has 0 amide bonds. The molecule has 6 nitrogen and oxygen atoms in total. The van der Waals surface area contributed by atoms with Crippen molar-refractivity contribution in [2.75, 3.05) is 51.3 Å². The van der Waals surface area contributed by atoms with Crippen LogP contribution in [0.3, 0.4) is 0 Å². The number of hydrogen-bond acceptors (Lipinski definition) is 4. The van der Waals surface area contributed by atoms with Crippen molar-refractivity contribution in [2.24, 2.45) is 4.99 Å². The zero-order valence-corrected chi connectivity index (χ0v) is 19.5. The predicted octanol–water partition coefficient (Wildman–Crippen LogP) is 3.35. The third-order valence-electron chi connectivity index (χ3n) is 4.96. The van der Waals surface area contributed by atoms with E-state index in [1.54, 1.807) is 13.2 Å². The molecule has 0 radical (unpaired) electrons. The van der Waals surface area contributed by atoms with E-state index in [0.29, 0.717) is 5.75 Å². The van der Waals surface area contributed by atoms with Crippen LogP contribution in [-0.2, 0) is 6.42 Å². The van der Waals surface area contributed by atoms with Crippen LogP contribution in [0, 0.1) is 0 Å². The molecule has 0 spiro atoms. The fourth-order valence-electron chi connectivity index (χ4n) is 3.40. The van der Waals surface area contributed by atoms with Gasteiger partial charge in [0.2, 0.25) is 0 Å². The summed E-state index contributed by atoms with van der Waals surface area (Å²) in [7, 11) is 1.68. The van der Waals surface area contributed by atoms with Gasteiger partial charge in [0.15, 0.2) is 5.96 Å². The van der Waals surface area contributed by atoms with Gasteiger partial charge in [-0.05, 0) is 43.2 Å². The minimum atomic E-state index is 0. The maximum absolute atomic E-state index is 10.1. The number of para-hydroxylation sites is 2. The highest BCUT2D eigenvalue weighted by Crippen LogP contribution is 2.27. The van der Waals surface area contributed by atoms with Crippen LogP contribution in [0.5, 0.6) is 11.5 Å². The predicted molar refractivity (Wildman–Crippen MR) is 130 cm³/mol. The Morgan fingerprint density at radius 1 is 1.07 bits per heavy atom. The molecule has 0 unspecified atom stereocenters. The van der Waals surface area contributed by atoms with Crippen molar-refractivity contribution >= 4 is 35.6 Å². The third-order valence-corrected chi connectivity index (χ3v) is 4.96. The molecule has 7 heteroatoms. The second kappa shape index (κ2) is 11.7. The number of benzene rings is 2. The van der Waals surface area contributed by atoms with E-state index in [0.717, 1.165) is 63.1 Å². The number of anilines is 1. The van der Waals surface area contributed by atoms with E-state index in [2.05, 4.69) is 34.2 Å². The van der Waals surface area contributed by atoms with Crippen molar-refractivity contribution in [1.82, 2.24) is 10.2 Å². The van der Waals surface area contributed by atoms with Gasteiger partial charge in [-0.1, -0.05) is 24.3 Å². The summed E-state index contributed by atoms with van der Waals surface area (Å²) in [6, 6.07) is 15.7. The number of aliphatic imine (C=N–C) groups is 1. The average Bonchev–Trinajstić information content (AvgIpc) is 2.74. The highest BCUT2D eigenvalue weighted by molar-refractivity contribution is 14.0. The molecular formula is C22H31IN4O2. The molecule has 0 bridgehead atoms. The Labute approximate surface area is 190 Å². The third kappa shape index (κ3) is 6.42. The fraction of sp³-hybridized carbons (Fsp3) is 0.409. The highest BCUT2D eigenvalue weighted by atomic mass is 127. The molecule has 1 fully saturated rings. The van der Waals surface area contributed by atoms with E-state index in [-0.39, 0.29) is 24.0 Å². The molecule has 1 aliphatic rings. The summed E-state index contributed by atoms with van der Waals surface area (Å²) >= 11 is 0. The van der Waals surface area contributed by atoms with Gasteiger partial charge in [-0.2, -0.15) is 0 Å². The molecule has 0 atom stereocenters. The molecule has 1 saturated heterocycles. The standard InChI is InChI=1S/C22H30N4O2.HI/c1-3-23-22(24-13-12-18-8-10-19(28-2)11-9-18)26-16-14-25(15-17-26)20-6-4-5-7-21(20)27;/h4-11,27H,3,12-17H2,1-2H3,(H,23,24);1H.